The van der Waals surface area contributed by atoms with Gasteiger partial charge in [-0.2, -0.15) is 0 Å². The van der Waals surface area contributed by atoms with Crippen molar-refractivity contribution < 1.29 is 4.92 Å². The van der Waals surface area contributed by atoms with Gasteiger partial charge in [-0.1, -0.05) is 17.4 Å². The molecule has 0 amide bonds. The lowest BCUT2D eigenvalue weighted by Gasteiger charge is -2.10. The molecule has 90 valence electrons. The van der Waals surface area contributed by atoms with E-state index < -0.39 is 0 Å². The van der Waals surface area contributed by atoms with E-state index in [-0.39, 0.29) is 16.0 Å². The molecule has 0 aliphatic heterocycles. The molecule has 6 heteroatoms. The van der Waals surface area contributed by atoms with Gasteiger partial charge in [0.2, 0.25) is 0 Å². The van der Waals surface area contributed by atoms with E-state index in [1.165, 1.54) is 16.2 Å². The predicted octanol–water partition coefficient (Wildman–Crippen LogP) is 3.57. The second-order valence-corrected chi connectivity index (χ2v) is 5.54. The average Bonchev–Trinajstić information content (AvgIpc) is 2.97. The summed E-state index contributed by atoms with van der Waals surface area (Å²) in [6.45, 7) is 2.75. The number of hydrogen-bond acceptors (Lipinski definition) is 5. The van der Waals surface area contributed by atoms with Crippen LogP contribution in [0, 0.1) is 10.1 Å². The molecule has 1 atom stereocenters. The lowest BCUT2D eigenvalue weighted by molar-refractivity contribution is -0.380. The van der Waals surface area contributed by atoms with Gasteiger partial charge in [0.1, 0.15) is 0 Å². The summed E-state index contributed by atoms with van der Waals surface area (Å²) in [4.78, 5) is 11.5. The van der Waals surface area contributed by atoms with Crippen LogP contribution in [0.25, 0.3) is 0 Å². The molecule has 4 nitrogen and oxygen atoms in total. The van der Waals surface area contributed by atoms with E-state index in [1.807, 2.05) is 16.8 Å². The van der Waals surface area contributed by atoms with Crippen LogP contribution in [0.2, 0.25) is 0 Å². The van der Waals surface area contributed by atoms with Crippen molar-refractivity contribution in [3.05, 3.63) is 49.5 Å². The highest BCUT2D eigenvalue weighted by molar-refractivity contribution is 7.13. The molecule has 0 bridgehead atoms. The molecular formula is C11H12N2O2S2. The van der Waals surface area contributed by atoms with Gasteiger partial charge in [0, 0.05) is 28.9 Å². The molecule has 0 saturated heterocycles. The van der Waals surface area contributed by atoms with Crippen LogP contribution in [0.5, 0.6) is 0 Å². The maximum absolute atomic E-state index is 10.5. The zero-order chi connectivity index (χ0) is 12.3. The van der Waals surface area contributed by atoms with Crippen LogP contribution in [0.15, 0.2) is 29.0 Å². The SMILES string of the molecule is CC(NCc1csc([N+](=O)[O-])c1)c1cccs1. The van der Waals surface area contributed by atoms with Crippen LogP contribution in [-0.4, -0.2) is 4.92 Å². The van der Waals surface area contributed by atoms with E-state index in [2.05, 4.69) is 18.3 Å². The molecular weight excluding hydrogens is 256 g/mol. The summed E-state index contributed by atoms with van der Waals surface area (Å²) in [6, 6.07) is 6.00. The summed E-state index contributed by atoms with van der Waals surface area (Å²) in [5.41, 5.74) is 0.963. The van der Waals surface area contributed by atoms with Gasteiger partial charge in [-0.25, -0.2) is 0 Å². The van der Waals surface area contributed by atoms with E-state index in [4.69, 9.17) is 0 Å². The van der Waals surface area contributed by atoms with Gasteiger partial charge in [-0.3, -0.25) is 10.1 Å². The Labute approximate surface area is 107 Å². The Balaban J connectivity index is 1.91. The minimum Gasteiger partial charge on any atom is -0.305 e. The highest BCUT2D eigenvalue weighted by Crippen LogP contribution is 2.23. The van der Waals surface area contributed by atoms with Crippen LogP contribution in [0.1, 0.15) is 23.4 Å². The quantitative estimate of drug-likeness (QED) is 0.666. The van der Waals surface area contributed by atoms with Gasteiger partial charge in [0.15, 0.2) is 0 Å². The summed E-state index contributed by atoms with van der Waals surface area (Å²) in [5.74, 6) is 0. The first-order chi connectivity index (χ1) is 8.16. The molecule has 2 aromatic rings. The zero-order valence-corrected chi connectivity index (χ0v) is 10.9. The van der Waals surface area contributed by atoms with E-state index in [0.29, 0.717) is 6.54 Å². The third-order valence-electron chi connectivity index (χ3n) is 2.40. The lowest BCUT2D eigenvalue weighted by Crippen LogP contribution is -2.16. The fourth-order valence-electron chi connectivity index (χ4n) is 1.46. The van der Waals surface area contributed by atoms with E-state index >= 15 is 0 Å². The number of nitro groups is 1. The van der Waals surface area contributed by atoms with Crippen molar-refractivity contribution in [3.8, 4) is 0 Å². The molecule has 2 rings (SSSR count). The van der Waals surface area contributed by atoms with Crippen molar-refractivity contribution >= 4 is 27.7 Å². The third kappa shape index (κ3) is 3.12. The summed E-state index contributed by atoms with van der Waals surface area (Å²) >= 11 is 2.88. The Bertz CT molecular complexity index is 493. The van der Waals surface area contributed by atoms with Crippen LogP contribution < -0.4 is 5.32 Å². The fourth-order valence-corrected chi connectivity index (χ4v) is 2.95. The summed E-state index contributed by atoms with van der Waals surface area (Å²) in [5, 5.41) is 18.0. The predicted molar refractivity (Wildman–Crippen MR) is 70.5 cm³/mol. The van der Waals surface area contributed by atoms with Gasteiger partial charge in [0.25, 0.3) is 0 Å². The molecule has 1 N–H and O–H groups in total. The Morgan fingerprint density at radius 2 is 2.35 bits per heavy atom. The topological polar surface area (TPSA) is 55.2 Å². The Morgan fingerprint density at radius 1 is 1.53 bits per heavy atom. The number of rotatable bonds is 5. The molecule has 0 radical (unpaired) electrons. The standard InChI is InChI=1S/C11H12N2O2S2/c1-8(10-3-2-4-16-10)12-6-9-5-11(13(14)15)17-7-9/h2-5,7-8,12H,6H2,1H3. The summed E-state index contributed by atoms with van der Waals surface area (Å²) in [6.07, 6.45) is 0. The Hall–Kier alpha value is -1.24. The summed E-state index contributed by atoms with van der Waals surface area (Å²) in [7, 11) is 0. The Morgan fingerprint density at radius 3 is 2.94 bits per heavy atom. The average molecular weight is 268 g/mol. The molecule has 1 unspecified atom stereocenters. The van der Waals surface area contributed by atoms with E-state index in [0.717, 1.165) is 5.56 Å². The van der Waals surface area contributed by atoms with Crippen molar-refractivity contribution in [2.24, 2.45) is 0 Å². The van der Waals surface area contributed by atoms with Crippen molar-refractivity contribution in [2.45, 2.75) is 19.5 Å². The summed E-state index contributed by atoms with van der Waals surface area (Å²) < 4.78 is 0. The van der Waals surface area contributed by atoms with Crippen LogP contribution >= 0.6 is 22.7 Å². The minimum atomic E-state index is -0.350. The maximum Gasteiger partial charge on any atom is 0.324 e. The van der Waals surface area contributed by atoms with Crippen molar-refractivity contribution in [1.29, 1.82) is 0 Å². The third-order valence-corrected chi connectivity index (χ3v) is 4.39. The lowest BCUT2D eigenvalue weighted by atomic mass is 10.2. The molecule has 17 heavy (non-hydrogen) atoms. The molecule has 0 aromatic carbocycles. The van der Waals surface area contributed by atoms with Crippen LogP contribution in [0.4, 0.5) is 5.00 Å². The van der Waals surface area contributed by atoms with Crippen molar-refractivity contribution in [2.75, 3.05) is 0 Å². The first-order valence-corrected chi connectivity index (χ1v) is 6.91. The molecule has 2 aromatic heterocycles. The van der Waals surface area contributed by atoms with Gasteiger partial charge in [0.05, 0.1) is 4.92 Å². The molecule has 0 saturated carbocycles. The van der Waals surface area contributed by atoms with Crippen LogP contribution in [0.3, 0.4) is 0 Å². The number of thiophene rings is 2. The Kier molecular flexibility index (Phi) is 3.88. The van der Waals surface area contributed by atoms with Gasteiger partial charge < -0.3 is 5.32 Å². The molecule has 2 heterocycles. The van der Waals surface area contributed by atoms with E-state index in [9.17, 15) is 10.1 Å². The van der Waals surface area contributed by atoms with Gasteiger partial charge >= 0.3 is 5.00 Å². The second kappa shape index (κ2) is 5.39. The first kappa shape index (κ1) is 12.2. The smallest absolute Gasteiger partial charge is 0.305 e. The number of nitrogens with zero attached hydrogens (tertiary/aromatic N) is 1. The zero-order valence-electron chi connectivity index (χ0n) is 9.25. The van der Waals surface area contributed by atoms with E-state index in [1.54, 1.807) is 17.4 Å². The van der Waals surface area contributed by atoms with Crippen LogP contribution in [-0.2, 0) is 6.54 Å². The highest BCUT2D eigenvalue weighted by atomic mass is 32.1. The normalized spacial score (nSPS) is 12.5. The second-order valence-electron chi connectivity index (χ2n) is 3.67. The number of nitrogens with one attached hydrogen (secondary N) is 1. The minimum absolute atomic E-state index is 0.200. The fraction of sp³-hybridized carbons (Fsp3) is 0.273. The maximum atomic E-state index is 10.5. The number of hydrogen-bond donors (Lipinski definition) is 1. The first-order valence-electron chi connectivity index (χ1n) is 5.15. The largest absolute Gasteiger partial charge is 0.324 e. The highest BCUT2D eigenvalue weighted by Gasteiger charge is 2.11. The van der Waals surface area contributed by atoms with Gasteiger partial charge in [-0.15, -0.1) is 11.3 Å². The molecule has 0 fully saturated rings. The monoisotopic (exact) mass is 268 g/mol. The van der Waals surface area contributed by atoms with Crippen molar-refractivity contribution in [1.82, 2.24) is 5.32 Å². The molecule has 0 aliphatic carbocycles. The van der Waals surface area contributed by atoms with Crippen molar-refractivity contribution in [3.63, 3.8) is 0 Å². The molecule has 0 spiro atoms. The van der Waals surface area contributed by atoms with Gasteiger partial charge in [-0.05, 0) is 23.9 Å². The molecule has 0 aliphatic rings.